The van der Waals surface area contributed by atoms with Crippen molar-refractivity contribution in [2.24, 2.45) is 7.05 Å². The molecule has 19 heavy (non-hydrogen) atoms. The van der Waals surface area contributed by atoms with Gasteiger partial charge < -0.3 is 4.74 Å². The number of aryl methyl sites for hydroxylation is 2. The number of rotatable bonds is 7. The molecular formula is C14H25N3O2. The minimum Gasteiger partial charge on any atom is -0.466 e. The van der Waals surface area contributed by atoms with Crippen LogP contribution >= 0.6 is 0 Å². The van der Waals surface area contributed by atoms with Crippen LogP contribution in [0.1, 0.15) is 44.5 Å². The summed E-state index contributed by atoms with van der Waals surface area (Å²) in [6, 6.07) is 0.0442. The Labute approximate surface area is 115 Å². The third kappa shape index (κ3) is 4.06. The van der Waals surface area contributed by atoms with Gasteiger partial charge in [-0.2, -0.15) is 5.10 Å². The van der Waals surface area contributed by atoms with Crippen LogP contribution in [-0.2, 0) is 16.6 Å². The molecule has 1 aromatic heterocycles. The van der Waals surface area contributed by atoms with Crippen molar-refractivity contribution in [3.05, 3.63) is 17.5 Å². The average Bonchev–Trinajstić information content (AvgIpc) is 2.69. The van der Waals surface area contributed by atoms with Gasteiger partial charge in [-0.3, -0.25) is 14.4 Å². The Bertz CT molecular complexity index is 411. The lowest BCUT2D eigenvalue weighted by Crippen LogP contribution is -2.31. The number of carbonyl (C=O) groups is 1. The highest BCUT2D eigenvalue weighted by atomic mass is 16.5. The van der Waals surface area contributed by atoms with Crippen LogP contribution in [0.3, 0.4) is 0 Å². The van der Waals surface area contributed by atoms with Gasteiger partial charge >= 0.3 is 5.97 Å². The van der Waals surface area contributed by atoms with Crippen LogP contribution in [0.15, 0.2) is 6.20 Å². The van der Waals surface area contributed by atoms with Crippen molar-refractivity contribution in [3.8, 4) is 0 Å². The summed E-state index contributed by atoms with van der Waals surface area (Å²) in [6.07, 6.45) is 2.37. The van der Waals surface area contributed by atoms with E-state index >= 15 is 0 Å². The van der Waals surface area contributed by atoms with Crippen molar-refractivity contribution in [3.63, 3.8) is 0 Å². The second-order valence-corrected chi connectivity index (χ2v) is 4.59. The first kappa shape index (κ1) is 15.7. The van der Waals surface area contributed by atoms with Crippen molar-refractivity contribution < 1.29 is 9.53 Å². The summed E-state index contributed by atoms with van der Waals surface area (Å²) in [6.45, 7) is 10.2. The SMILES string of the molecule is CCOC(=O)CC(c1cn(C)nc1C)N(CC)CC. The van der Waals surface area contributed by atoms with Crippen LogP contribution < -0.4 is 0 Å². The molecule has 0 bridgehead atoms. The molecule has 0 aliphatic carbocycles. The second-order valence-electron chi connectivity index (χ2n) is 4.59. The highest BCUT2D eigenvalue weighted by molar-refractivity contribution is 5.70. The predicted octanol–water partition coefficient (Wildman–Crippen LogP) is 2.06. The summed E-state index contributed by atoms with van der Waals surface area (Å²) >= 11 is 0. The van der Waals surface area contributed by atoms with E-state index in [0.29, 0.717) is 13.0 Å². The maximum Gasteiger partial charge on any atom is 0.307 e. The molecule has 0 aliphatic rings. The van der Waals surface area contributed by atoms with Gasteiger partial charge in [0.25, 0.3) is 0 Å². The van der Waals surface area contributed by atoms with E-state index in [1.807, 2.05) is 27.1 Å². The number of nitrogens with zero attached hydrogens (tertiary/aromatic N) is 3. The molecule has 0 aliphatic heterocycles. The molecule has 0 amide bonds. The highest BCUT2D eigenvalue weighted by Gasteiger charge is 2.25. The zero-order chi connectivity index (χ0) is 14.4. The Morgan fingerprint density at radius 1 is 1.42 bits per heavy atom. The van der Waals surface area contributed by atoms with Gasteiger partial charge in [-0.05, 0) is 26.9 Å². The quantitative estimate of drug-likeness (QED) is 0.710. The summed E-state index contributed by atoms with van der Waals surface area (Å²) in [5.74, 6) is -0.150. The first-order chi connectivity index (χ1) is 9.03. The topological polar surface area (TPSA) is 47.4 Å². The fourth-order valence-electron chi connectivity index (χ4n) is 2.42. The normalized spacial score (nSPS) is 12.7. The van der Waals surface area contributed by atoms with E-state index in [9.17, 15) is 4.79 Å². The van der Waals surface area contributed by atoms with E-state index in [4.69, 9.17) is 4.74 Å². The number of aromatic nitrogens is 2. The molecule has 1 unspecified atom stereocenters. The standard InChI is InChI=1S/C14H25N3O2/c1-6-17(7-2)13(9-14(18)19-8-3)12-10-16(5)15-11(12)4/h10,13H,6-9H2,1-5H3. The van der Waals surface area contributed by atoms with Crippen LogP contribution in [0.5, 0.6) is 0 Å². The molecule has 0 radical (unpaired) electrons. The molecule has 0 N–H and O–H groups in total. The molecule has 5 heteroatoms. The molecule has 0 aromatic carbocycles. The molecule has 108 valence electrons. The summed E-state index contributed by atoms with van der Waals surface area (Å²) in [5, 5.41) is 4.37. The maximum atomic E-state index is 11.8. The van der Waals surface area contributed by atoms with E-state index in [1.54, 1.807) is 4.68 Å². The number of hydrogen-bond acceptors (Lipinski definition) is 4. The third-order valence-corrected chi connectivity index (χ3v) is 3.33. The third-order valence-electron chi connectivity index (χ3n) is 3.33. The summed E-state index contributed by atoms with van der Waals surface area (Å²) in [4.78, 5) is 14.1. The Morgan fingerprint density at radius 3 is 2.47 bits per heavy atom. The zero-order valence-corrected chi connectivity index (χ0v) is 12.6. The lowest BCUT2D eigenvalue weighted by Gasteiger charge is -2.28. The molecule has 0 fully saturated rings. The summed E-state index contributed by atoms with van der Waals surface area (Å²) < 4.78 is 6.88. The van der Waals surface area contributed by atoms with Crippen molar-refractivity contribution >= 4 is 5.97 Å². The first-order valence-electron chi connectivity index (χ1n) is 6.93. The van der Waals surface area contributed by atoms with E-state index in [2.05, 4.69) is 23.8 Å². The van der Waals surface area contributed by atoms with Crippen molar-refractivity contribution in [1.29, 1.82) is 0 Å². The lowest BCUT2D eigenvalue weighted by molar-refractivity contribution is -0.144. The molecule has 0 saturated carbocycles. The van der Waals surface area contributed by atoms with Gasteiger partial charge in [0, 0.05) is 24.8 Å². The lowest BCUT2D eigenvalue weighted by atomic mass is 10.0. The van der Waals surface area contributed by atoms with E-state index in [0.717, 1.165) is 24.3 Å². The Morgan fingerprint density at radius 2 is 2.05 bits per heavy atom. The van der Waals surface area contributed by atoms with Crippen LogP contribution in [0.4, 0.5) is 0 Å². The molecule has 1 rings (SSSR count). The molecule has 1 aromatic rings. The number of ether oxygens (including phenoxy) is 1. The van der Waals surface area contributed by atoms with Gasteiger partial charge in [-0.15, -0.1) is 0 Å². The van der Waals surface area contributed by atoms with Crippen molar-refractivity contribution in [2.45, 2.75) is 40.2 Å². The largest absolute Gasteiger partial charge is 0.466 e. The fourth-order valence-corrected chi connectivity index (χ4v) is 2.42. The van der Waals surface area contributed by atoms with E-state index < -0.39 is 0 Å². The van der Waals surface area contributed by atoms with Crippen LogP contribution in [-0.4, -0.2) is 40.3 Å². The molecule has 0 spiro atoms. The van der Waals surface area contributed by atoms with Gasteiger partial charge in [-0.25, -0.2) is 0 Å². The number of carbonyl (C=O) groups excluding carboxylic acids is 1. The predicted molar refractivity (Wildman–Crippen MR) is 74.9 cm³/mol. The van der Waals surface area contributed by atoms with E-state index in [-0.39, 0.29) is 12.0 Å². The van der Waals surface area contributed by atoms with Gasteiger partial charge in [0.1, 0.15) is 0 Å². The Kier molecular flexibility index (Phi) is 6.02. The number of hydrogen-bond donors (Lipinski definition) is 0. The average molecular weight is 267 g/mol. The summed E-state index contributed by atoms with van der Waals surface area (Å²) in [5.41, 5.74) is 2.09. The van der Waals surface area contributed by atoms with Crippen LogP contribution in [0.2, 0.25) is 0 Å². The molecule has 0 saturated heterocycles. The molecule has 1 atom stereocenters. The van der Waals surface area contributed by atoms with Crippen molar-refractivity contribution in [2.75, 3.05) is 19.7 Å². The minimum absolute atomic E-state index is 0.0442. The number of esters is 1. The minimum atomic E-state index is -0.150. The Hall–Kier alpha value is -1.36. The molecule has 5 nitrogen and oxygen atoms in total. The highest BCUT2D eigenvalue weighted by Crippen LogP contribution is 2.26. The maximum absolute atomic E-state index is 11.8. The monoisotopic (exact) mass is 267 g/mol. The van der Waals surface area contributed by atoms with Gasteiger partial charge in [0.2, 0.25) is 0 Å². The van der Waals surface area contributed by atoms with Gasteiger partial charge in [0.05, 0.1) is 18.7 Å². The summed E-state index contributed by atoms with van der Waals surface area (Å²) in [7, 11) is 1.90. The fraction of sp³-hybridized carbons (Fsp3) is 0.714. The van der Waals surface area contributed by atoms with Crippen LogP contribution in [0, 0.1) is 6.92 Å². The van der Waals surface area contributed by atoms with Gasteiger partial charge in [0.15, 0.2) is 0 Å². The second kappa shape index (κ2) is 7.28. The van der Waals surface area contributed by atoms with Crippen LogP contribution in [0.25, 0.3) is 0 Å². The van der Waals surface area contributed by atoms with E-state index in [1.165, 1.54) is 0 Å². The zero-order valence-electron chi connectivity index (χ0n) is 12.6. The molecule has 1 heterocycles. The Balaban J connectivity index is 2.98. The van der Waals surface area contributed by atoms with Gasteiger partial charge in [-0.1, -0.05) is 13.8 Å². The van der Waals surface area contributed by atoms with Crippen molar-refractivity contribution in [1.82, 2.24) is 14.7 Å². The first-order valence-corrected chi connectivity index (χ1v) is 6.93. The smallest absolute Gasteiger partial charge is 0.307 e. The molecular weight excluding hydrogens is 242 g/mol.